The molecule has 0 aromatic carbocycles. The molecule has 2 heterocycles. The van der Waals surface area contributed by atoms with Crippen LogP contribution in [-0.4, -0.2) is 73.7 Å². The number of likely N-dealkylation sites (N-methyl/N-ethyl adjacent to an activating group) is 1. The van der Waals surface area contributed by atoms with Crippen LogP contribution in [0.25, 0.3) is 0 Å². The fourth-order valence-corrected chi connectivity index (χ4v) is 2.38. The van der Waals surface area contributed by atoms with Crippen LogP contribution in [0.15, 0.2) is 0 Å². The molecule has 1 aromatic rings. The first-order valence-corrected chi connectivity index (χ1v) is 7.11. The molecule has 1 aliphatic heterocycles. The van der Waals surface area contributed by atoms with E-state index in [-0.39, 0.29) is 0 Å². The summed E-state index contributed by atoms with van der Waals surface area (Å²) in [5.41, 5.74) is 0. The van der Waals surface area contributed by atoms with Crippen LogP contribution in [0.4, 0.5) is 17.8 Å². The molecule has 112 valence electrons. The Hall–Kier alpha value is -1.63. The summed E-state index contributed by atoms with van der Waals surface area (Å²) in [4.78, 5) is 20.0. The average molecular weight is 279 g/mol. The van der Waals surface area contributed by atoms with Crippen molar-refractivity contribution in [1.29, 1.82) is 0 Å². The summed E-state index contributed by atoms with van der Waals surface area (Å²) in [6.07, 6.45) is 1.14. The van der Waals surface area contributed by atoms with Crippen LogP contribution in [0.2, 0.25) is 0 Å². The molecular formula is C13H25N7. The number of aromatic nitrogens is 3. The standard InChI is InChI=1S/C13H25N7/c1-6-10-9-20(8-7-19(10)5)13-16-11(14-2)15-12(17-13)18(3)4/h10H,6-9H2,1-5H3,(H,14,15,16,17). The number of piperazine rings is 1. The highest BCUT2D eigenvalue weighted by molar-refractivity contribution is 5.44. The highest BCUT2D eigenvalue weighted by Crippen LogP contribution is 2.19. The Morgan fingerprint density at radius 3 is 2.60 bits per heavy atom. The van der Waals surface area contributed by atoms with Crippen LogP contribution in [0, 0.1) is 0 Å². The second-order valence-electron chi connectivity index (χ2n) is 5.39. The van der Waals surface area contributed by atoms with Gasteiger partial charge >= 0.3 is 0 Å². The lowest BCUT2D eigenvalue weighted by Gasteiger charge is -2.39. The van der Waals surface area contributed by atoms with Gasteiger partial charge in [-0.2, -0.15) is 15.0 Å². The molecule has 1 atom stereocenters. The third kappa shape index (κ3) is 3.09. The minimum absolute atomic E-state index is 0.557. The normalized spacial score (nSPS) is 20.1. The molecule has 0 amide bonds. The molecule has 1 aromatic heterocycles. The van der Waals surface area contributed by atoms with Crippen LogP contribution in [0.1, 0.15) is 13.3 Å². The van der Waals surface area contributed by atoms with E-state index in [1.54, 1.807) is 0 Å². The number of hydrogen-bond donors (Lipinski definition) is 1. The second-order valence-corrected chi connectivity index (χ2v) is 5.39. The van der Waals surface area contributed by atoms with E-state index < -0.39 is 0 Å². The Kier molecular flexibility index (Phi) is 4.59. The zero-order chi connectivity index (χ0) is 14.7. The van der Waals surface area contributed by atoms with Crippen LogP contribution in [0.3, 0.4) is 0 Å². The Morgan fingerprint density at radius 2 is 2.00 bits per heavy atom. The quantitative estimate of drug-likeness (QED) is 0.861. The van der Waals surface area contributed by atoms with Gasteiger partial charge in [0.1, 0.15) is 0 Å². The lowest BCUT2D eigenvalue weighted by atomic mass is 10.1. The number of anilines is 3. The highest BCUT2D eigenvalue weighted by Gasteiger charge is 2.25. The van der Waals surface area contributed by atoms with Crippen LogP contribution in [0.5, 0.6) is 0 Å². The topological polar surface area (TPSA) is 60.4 Å². The Morgan fingerprint density at radius 1 is 1.25 bits per heavy atom. The van der Waals surface area contributed by atoms with Crippen molar-refractivity contribution in [3.8, 4) is 0 Å². The third-order valence-corrected chi connectivity index (χ3v) is 3.77. The summed E-state index contributed by atoms with van der Waals surface area (Å²) in [5, 5.41) is 3.01. The predicted molar refractivity (Wildman–Crippen MR) is 82.6 cm³/mol. The molecule has 2 rings (SSSR count). The summed E-state index contributed by atoms with van der Waals surface area (Å²) < 4.78 is 0. The van der Waals surface area contributed by atoms with Crippen LogP contribution >= 0.6 is 0 Å². The third-order valence-electron chi connectivity index (χ3n) is 3.77. The summed E-state index contributed by atoms with van der Waals surface area (Å²) >= 11 is 0. The number of nitrogens with zero attached hydrogens (tertiary/aromatic N) is 6. The molecule has 0 bridgehead atoms. The van der Waals surface area contributed by atoms with Gasteiger partial charge < -0.3 is 15.1 Å². The van der Waals surface area contributed by atoms with Crippen LogP contribution in [-0.2, 0) is 0 Å². The van der Waals surface area contributed by atoms with E-state index >= 15 is 0 Å². The molecule has 1 saturated heterocycles. The Labute approximate surface area is 121 Å². The van der Waals surface area contributed by atoms with Crippen molar-refractivity contribution in [2.45, 2.75) is 19.4 Å². The van der Waals surface area contributed by atoms with Gasteiger partial charge in [-0.1, -0.05) is 6.92 Å². The molecule has 0 spiro atoms. The maximum Gasteiger partial charge on any atom is 0.232 e. The van der Waals surface area contributed by atoms with E-state index in [1.807, 2.05) is 26.0 Å². The summed E-state index contributed by atoms with van der Waals surface area (Å²) in [5.74, 6) is 2.07. The molecule has 1 aliphatic rings. The fourth-order valence-electron chi connectivity index (χ4n) is 2.38. The zero-order valence-electron chi connectivity index (χ0n) is 13.1. The van der Waals surface area contributed by atoms with Crippen molar-refractivity contribution in [3.63, 3.8) is 0 Å². The maximum absolute atomic E-state index is 4.57. The van der Waals surface area contributed by atoms with Gasteiger partial charge in [0.15, 0.2) is 0 Å². The van der Waals surface area contributed by atoms with E-state index in [0.717, 1.165) is 32.0 Å². The van der Waals surface area contributed by atoms with Gasteiger partial charge in [0, 0.05) is 46.8 Å². The van der Waals surface area contributed by atoms with E-state index in [4.69, 9.17) is 0 Å². The highest BCUT2D eigenvalue weighted by atomic mass is 15.4. The monoisotopic (exact) mass is 279 g/mol. The number of hydrogen-bond acceptors (Lipinski definition) is 7. The van der Waals surface area contributed by atoms with E-state index in [9.17, 15) is 0 Å². The van der Waals surface area contributed by atoms with Gasteiger partial charge in [0.25, 0.3) is 0 Å². The van der Waals surface area contributed by atoms with Crippen molar-refractivity contribution in [2.24, 2.45) is 0 Å². The molecule has 7 nitrogen and oxygen atoms in total. The minimum atomic E-state index is 0.557. The molecular weight excluding hydrogens is 254 g/mol. The predicted octanol–water partition coefficient (Wildman–Crippen LogP) is 0.510. The van der Waals surface area contributed by atoms with E-state index in [1.165, 1.54) is 0 Å². The van der Waals surface area contributed by atoms with Gasteiger partial charge in [-0.15, -0.1) is 0 Å². The molecule has 7 heteroatoms. The summed E-state index contributed by atoms with van der Waals surface area (Å²) in [7, 11) is 7.90. The average Bonchev–Trinajstić information content (AvgIpc) is 2.47. The largest absolute Gasteiger partial charge is 0.357 e. The van der Waals surface area contributed by atoms with Crippen molar-refractivity contribution < 1.29 is 0 Å². The number of rotatable bonds is 4. The SMILES string of the molecule is CCC1CN(c2nc(NC)nc(N(C)C)n2)CCN1C. The number of nitrogens with one attached hydrogen (secondary N) is 1. The molecule has 0 aliphatic carbocycles. The minimum Gasteiger partial charge on any atom is -0.357 e. The summed E-state index contributed by atoms with van der Waals surface area (Å²) in [6.45, 7) is 5.18. The van der Waals surface area contributed by atoms with Crippen molar-refractivity contribution in [2.75, 3.05) is 62.9 Å². The lowest BCUT2D eigenvalue weighted by Crippen LogP contribution is -2.51. The Balaban J connectivity index is 2.25. The summed E-state index contributed by atoms with van der Waals surface area (Å²) in [6, 6.07) is 0.557. The maximum atomic E-state index is 4.57. The van der Waals surface area contributed by atoms with Crippen molar-refractivity contribution in [1.82, 2.24) is 19.9 Å². The fraction of sp³-hybridized carbons (Fsp3) is 0.769. The van der Waals surface area contributed by atoms with Crippen molar-refractivity contribution in [3.05, 3.63) is 0 Å². The molecule has 0 radical (unpaired) electrons. The van der Waals surface area contributed by atoms with E-state index in [2.05, 4.69) is 44.0 Å². The lowest BCUT2D eigenvalue weighted by molar-refractivity contribution is 0.212. The van der Waals surface area contributed by atoms with Gasteiger partial charge in [-0.3, -0.25) is 4.90 Å². The molecule has 20 heavy (non-hydrogen) atoms. The molecule has 0 saturated carbocycles. The Bertz CT molecular complexity index is 448. The first kappa shape index (κ1) is 14.8. The first-order valence-electron chi connectivity index (χ1n) is 7.11. The molecule has 1 unspecified atom stereocenters. The zero-order valence-corrected chi connectivity index (χ0v) is 13.1. The second kappa shape index (κ2) is 6.21. The van der Waals surface area contributed by atoms with Gasteiger partial charge in [0.2, 0.25) is 17.8 Å². The first-order chi connectivity index (χ1) is 9.55. The van der Waals surface area contributed by atoms with Gasteiger partial charge in [0.05, 0.1) is 0 Å². The molecule has 1 fully saturated rings. The van der Waals surface area contributed by atoms with E-state index in [0.29, 0.717) is 17.9 Å². The van der Waals surface area contributed by atoms with Crippen molar-refractivity contribution >= 4 is 17.8 Å². The van der Waals surface area contributed by atoms with Crippen LogP contribution < -0.4 is 15.1 Å². The van der Waals surface area contributed by atoms with Gasteiger partial charge in [-0.25, -0.2) is 0 Å². The smallest absolute Gasteiger partial charge is 0.232 e. The molecule has 1 N–H and O–H groups in total. The van der Waals surface area contributed by atoms with Gasteiger partial charge in [-0.05, 0) is 13.5 Å².